The molecule has 2 saturated heterocycles. The van der Waals surface area contributed by atoms with Gasteiger partial charge in [-0.3, -0.25) is 4.79 Å². The lowest BCUT2D eigenvalue weighted by Crippen LogP contribution is -2.37. The molecule has 5 heteroatoms. The van der Waals surface area contributed by atoms with Crippen LogP contribution >= 0.6 is 0 Å². The maximum absolute atomic E-state index is 12.8. The number of aliphatic hydroxyl groups excluding tert-OH is 1. The minimum atomic E-state index is 0.185. The number of aromatic amines is 1. The molecule has 0 aliphatic carbocycles. The predicted molar refractivity (Wildman–Crippen MR) is 108 cm³/mol. The number of fused-ring (bicyclic) bond motifs is 1. The van der Waals surface area contributed by atoms with Crippen LogP contribution in [0.4, 0.5) is 0 Å². The summed E-state index contributed by atoms with van der Waals surface area (Å²) in [5.74, 6) is 0.856. The molecule has 1 aromatic heterocycles. The molecule has 2 aromatic rings. The number of nitrogens with zero attached hydrogens (tertiary/aromatic N) is 2. The smallest absolute Gasteiger partial charge is 0.222 e. The fourth-order valence-corrected chi connectivity index (χ4v) is 4.77. The van der Waals surface area contributed by atoms with Crippen LogP contribution in [0.15, 0.2) is 30.5 Å². The van der Waals surface area contributed by atoms with Crippen LogP contribution in [0.3, 0.4) is 0 Å². The van der Waals surface area contributed by atoms with Gasteiger partial charge in [-0.2, -0.15) is 0 Å². The topological polar surface area (TPSA) is 59.6 Å². The summed E-state index contributed by atoms with van der Waals surface area (Å²) in [6.07, 6.45) is 7.23. The van der Waals surface area contributed by atoms with E-state index in [0.29, 0.717) is 18.9 Å². The average Bonchev–Trinajstić information content (AvgIpc) is 3.31. The van der Waals surface area contributed by atoms with Crippen molar-refractivity contribution in [3.63, 3.8) is 0 Å². The third kappa shape index (κ3) is 4.19. The molecule has 5 nitrogen and oxygen atoms in total. The largest absolute Gasteiger partial charge is 0.396 e. The molecule has 0 unspecified atom stereocenters. The van der Waals surface area contributed by atoms with Crippen LogP contribution in [0.2, 0.25) is 0 Å². The molecule has 146 valence electrons. The highest BCUT2D eigenvalue weighted by Crippen LogP contribution is 2.26. The lowest BCUT2D eigenvalue weighted by molar-refractivity contribution is -0.130. The maximum Gasteiger partial charge on any atom is 0.222 e. The number of hydrogen-bond donors (Lipinski definition) is 2. The Kier molecular flexibility index (Phi) is 5.79. The van der Waals surface area contributed by atoms with Gasteiger partial charge in [0.25, 0.3) is 0 Å². The van der Waals surface area contributed by atoms with E-state index >= 15 is 0 Å². The van der Waals surface area contributed by atoms with Crippen molar-refractivity contribution < 1.29 is 9.90 Å². The summed E-state index contributed by atoms with van der Waals surface area (Å²) in [5, 5.41) is 11.0. The number of aryl methyl sites for hydroxylation is 1. The first-order chi connectivity index (χ1) is 13.2. The zero-order chi connectivity index (χ0) is 18.6. The third-order valence-corrected chi connectivity index (χ3v) is 6.39. The Morgan fingerprint density at radius 2 is 1.89 bits per heavy atom. The van der Waals surface area contributed by atoms with Gasteiger partial charge in [0.15, 0.2) is 0 Å². The summed E-state index contributed by atoms with van der Waals surface area (Å²) in [6.45, 7) is 5.06. The van der Waals surface area contributed by atoms with E-state index in [4.69, 9.17) is 0 Å². The Balaban J connectivity index is 1.33. The number of para-hydroxylation sites is 1. The van der Waals surface area contributed by atoms with Crippen LogP contribution in [0.5, 0.6) is 0 Å². The maximum atomic E-state index is 12.8. The van der Waals surface area contributed by atoms with Crippen LogP contribution in [0, 0.1) is 11.8 Å². The highest BCUT2D eigenvalue weighted by Gasteiger charge is 2.35. The SMILES string of the molecule is O=C(CCc1c[nH]c2ccccc12)N1C[C@@H](CO)[C@@H](CN2CCCCC2)C1. The minimum absolute atomic E-state index is 0.185. The number of H-pyrrole nitrogens is 1. The number of amides is 1. The number of aromatic nitrogens is 1. The molecule has 2 aliphatic rings. The molecular formula is C22H31N3O2. The molecule has 2 N–H and O–H groups in total. The van der Waals surface area contributed by atoms with E-state index in [2.05, 4.69) is 22.0 Å². The Morgan fingerprint density at radius 3 is 2.70 bits per heavy atom. The molecule has 0 bridgehead atoms. The molecule has 0 spiro atoms. The molecule has 2 atom stereocenters. The minimum Gasteiger partial charge on any atom is -0.396 e. The molecule has 27 heavy (non-hydrogen) atoms. The van der Waals surface area contributed by atoms with E-state index in [0.717, 1.165) is 25.0 Å². The number of carbonyl (C=O) groups excluding carboxylic acids is 1. The number of hydrogen-bond acceptors (Lipinski definition) is 3. The summed E-state index contributed by atoms with van der Waals surface area (Å²) >= 11 is 0. The van der Waals surface area contributed by atoms with Crippen molar-refractivity contribution >= 4 is 16.8 Å². The summed E-state index contributed by atoms with van der Waals surface area (Å²) in [6, 6.07) is 8.24. The number of benzene rings is 1. The van der Waals surface area contributed by atoms with Crippen LogP contribution in [-0.4, -0.2) is 65.1 Å². The van der Waals surface area contributed by atoms with Crippen LogP contribution in [-0.2, 0) is 11.2 Å². The van der Waals surface area contributed by atoms with Crippen LogP contribution in [0.1, 0.15) is 31.2 Å². The summed E-state index contributed by atoms with van der Waals surface area (Å²) in [4.78, 5) is 20.6. The van der Waals surface area contributed by atoms with E-state index in [1.54, 1.807) is 0 Å². The van der Waals surface area contributed by atoms with Gasteiger partial charge in [-0.25, -0.2) is 0 Å². The highest BCUT2D eigenvalue weighted by atomic mass is 16.3. The van der Waals surface area contributed by atoms with Crippen molar-refractivity contribution in [1.82, 2.24) is 14.8 Å². The second-order valence-electron chi connectivity index (χ2n) is 8.22. The fourth-order valence-electron chi connectivity index (χ4n) is 4.77. The van der Waals surface area contributed by atoms with Gasteiger partial charge in [-0.1, -0.05) is 24.6 Å². The summed E-state index contributed by atoms with van der Waals surface area (Å²) in [5.41, 5.74) is 2.34. The second-order valence-corrected chi connectivity index (χ2v) is 8.22. The Morgan fingerprint density at radius 1 is 1.11 bits per heavy atom. The zero-order valence-corrected chi connectivity index (χ0v) is 16.1. The van der Waals surface area contributed by atoms with E-state index < -0.39 is 0 Å². The highest BCUT2D eigenvalue weighted by molar-refractivity contribution is 5.84. The van der Waals surface area contributed by atoms with Crippen molar-refractivity contribution in [3.8, 4) is 0 Å². The van der Waals surface area contributed by atoms with Crippen molar-refractivity contribution in [1.29, 1.82) is 0 Å². The van der Waals surface area contributed by atoms with Gasteiger partial charge in [-0.15, -0.1) is 0 Å². The second kappa shape index (κ2) is 8.44. The van der Waals surface area contributed by atoms with Gasteiger partial charge in [-0.05, 0) is 49.9 Å². The van der Waals surface area contributed by atoms with Gasteiger partial charge in [0.2, 0.25) is 5.91 Å². The quantitative estimate of drug-likeness (QED) is 0.823. The van der Waals surface area contributed by atoms with E-state index in [1.165, 1.54) is 43.3 Å². The van der Waals surface area contributed by atoms with E-state index in [-0.39, 0.29) is 18.4 Å². The number of rotatable bonds is 6. The Hall–Kier alpha value is -1.85. The van der Waals surface area contributed by atoms with Gasteiger partial charge >= 0.3 is 0 Å². The third-order valence-electron chi connectivity index (χ3n) is 6.39. The number of likely N-dealkylation sites (tertiary alicyclic amines) is 2. The van der Waals surface area contributed by atoms with Gasteiger partial charge in [0, 0.05) is 55.7 Å². The Labute approximate surface area is 161 Å². The first kappa shape index (κ1) is 18.5. The molecule has 0 saturated carbocycles. The first-order valence-corrected chi connectivity index (χ1v) is 10.4. The van der Waals surface area contributed by atoms with Crippen molar-refractivity contribution in [2.24, 2.45) is 11.8 Å². The molecule has 2 aliphatic heterocycles. The molecule has 2 fully saturated rings. The molecule has 0 radical (unpaired) electrons. The number of aliphatic hydroxyl groups is 1. The van der Waals surface area contributed by atoms with E-state index in [9.17, 15) is 9.90 Å². The molecule has 3 heterocycles. The van der Waals surface area contributed by atoms with Crippen LogP contribution < -0.4 is 0 Å². The number of nitrogens with one attached hydrogen (secondary N) is 1. The molecular weight excluding hydrogens is 338 g/mol. The molecule has 1 amide bonds. The monoisotopic (exact) mass is 369 g/mol. The van der Waals surface area contributed by atoms with Crippen molar-refractivity contribution in [2.75, 3.05) is 39.3 Å². The predicted octanol–water partition coefficient (Wildman–Crippen LogP) is 2.65. The normalized spacial score (nSPS) is 24.0. The summed E-state index contributed by atoms with van der Waals surface area (Å²) in [7, 11) is 0. The lowest BCUT2D eigenvalue weighted by Gasteiger charge is -2.30. The van der Waals surface area contributed by atoms with Crippen LogP contribution in [0.25, 0.3) is 10.9 Å². The molecule has 1 aromatic carbocycles. The van der Waals surface area contributed by atoms with Crippen molar-refractivity contribution in [3.05, 3.63) is 36.0 Å². The van der Waals surface area contributed by atoms with Gasteiger partial charge in [0.05, 0.1) is 0 Å². The Bertz CT molecular complexity index is 766. The fraction of sp³-hybridized carbons (Fsp3) is 0.591. The zero-order valence-electron chi connectivity index (χ0n) is 16.1. The number of piperidine rings is 1. The average molecular weight is 370 g/mol. The molecule has 4 rings (SSSR count). The first-order valence-electron chi connectivity index (χ1n) is 10.4. The summed E-state index contributed by atoms with van der Waals surface area (Å²) < 4.78 is 0. The van der Waals surface area contributed by atoms with Crippen molar-refractivity contribution in [2.45, 2.75) is 32.1 Å². The van der Waals surface area contributed by atoms with E-state index in [1.807, 2.05) is 23.2 Å². The number of carbonyl (C=O) groups is 1. The van der Waals surface area contributed by atoms with Gasteiger partial charge in [0.1, 0.15) is 0 Å². The standard InChI is InChI=1S/C22H31N3O2/c26-16-19-15-25(14-18(19)13-24-10-4-1-5-11-24)22(27)9-8-17-12-23-21-7-3-2-6-20(17)21/h2-3,6-7,12,18-19,23,26H,1,4-5,8-11,13-16H2/t18-,19-/m0/s1. The van der Waals surface area contributed by atoms with Gasteiger partial charge < -0.3 is 19.9 Å². The lowest BCUT2D eigenvalue weighted by atomic mass is 9.95.